The van der Waals surface area contributed by atoms with Gasteiger partial charge in [0, 0.05) is 51.0 Å². The summed E-state index contributed by atoms with van der Waals surface area (Å²) in [5.41, 5.74) is 0. The Morgan fingerprint density at radius 3 is 2.71 bits per heavy atom. The van der Waals surface area contributed by atoms with E-state index in [1.807, 2.05) is 0 Å². The molecule has 0 aromatic heterocycles. The van der Waals surface area contributed by atoms with E-state index in [0.717, 1.165) is 19.4 Å². The fourth-order valence-corrected chi connectivity index (χ4v) is 3.44. The third kappa shape index (κ3) is 1.85. The van der Waals surface area contributed by atoms with Crippen molar-refractivity contribution in [3.63, 3.8) is 0 Å². The van der Waals surface area contributed by atoms with Crippen LogP contribution in [0.3, 0.4) is 0 Å². The first-order valence-electron chi connectivity index (χ1n) is 5.17. The Morgan fingerprint density at radius 2 is 2.07 bits per heavy atom. The van der Waals surface area contributed by atoms with E-state index < -0.39 is 0 Å². The van der Waals surface area contributed by atoms with Crippen molar-refractivity contribution in [2.45, 2.75) is 35.9 Å². The van der Waals surface area contributed by atoms with E-state index >= 15 is 0 Å². The highest BCUT2D eigenvalue weighted by Gasteiger charge is 2.43. The maximum absolute atomic E-state index is 5.51. The van der Waals surface area contributed by atoms with Crippen LogP contribution in [0.1, 0.15) is 19.3 Å². The van der Waals surface area contributed by atoms with E-state index in [2.05, 4.69) is 20.8 Å². The van der Waals surface area contributed by atoms with Gasteiger partial charge < -0.3 is 9.47 Å². The lowest BCUT2D eigenvalue weighted by Crippen LogP contribution is -2.49. The molecule has 2 atom stereocenters. The molecule has 4 heteroatoms. The Bertz CT molecular complexity index is 208. The summed E-state index contributed by atoms with van der Waals surface area (Å²) in [5, 5.41) is 0. The average molecular weight is 264 g/mol. The van der Waals surface area contributed by atoms with Crippen LogP contribution in [0, 0.1) is 0 Å². The number of hydrogen-bond acceptors (Lipinski definition) is 3. The van der Waals surface area contributed by atoms with Crippen molar-refractivity contribution < 1.29 is 9.47 Å². The zero-order valence-electron chi connectivity index (χ0n) is 8.83. The van der Waals surface area contributed by atoms with Crippen molar-refractivity contribution in [3.05, 3.63) is 0 Å². The van der Waals surface area contributed by atoms with E-state index in [1.165, 1.54) is 13.0 Å². The zero-order chi connectivity index (χ0) is 10.2. The van der Waals surface area contributed by atoms with Crippen LogP contribution in [-0.4, -0.2) is 48.9 Å². The van der Waals surface area contributed by atoms with Gasteiger partial charge >= 0.3 is 0 Å². The second kappa shape index (κ2) is 4.08. The Balaban J connectivity index is 2.03. The van der Waals surface area contributed by atoms with Crippen molar-refractivity contribution in [2.24, 2.45) is 0 Å². The lowest BCUT2D eigenvalue weighted by atomic mass is 9.96. The van der Waals surface area contributed by atoms with Gasteiger partial charge in [0.2, 0.25) is 0 Å². The topological polar surface area (TPSA) is 21.7 Å². The summed E-state index contributed by atoms with van der Waals surface area (Å²) in [6.45, 7) is 2.27. The summed E-state index contributed by atoms with van der Waals surface area (Å²) < 4.78 is 11.0. The molecule has 2 fully saturated rings. The van der Waals surface area contributed by atoms with E-state index in [1.54, 1.807) is 14.2 Å². The van der Waals surface area contributed by atoms with Crippen LogP contribution in [0.15, 0.2) is 0 Å². The Hall–Kier alpha value is 0.360. The summed E-state index contributed by atoms with van der Waals surface area (Å²) in [6, 6.07) is 0.632. The van der Waals surface area contributed by atoms with Gasteiger partial charge in [0.05, 0.1) is 0 Å². The first-order chi connectivity index (χ1) is 6.69. The van der Waals surface area contributed by atoms with Gasteiger partial charge in [0.25, 0.3) is 0 Å². The molecule has 0 bridgehead atoms. The highest BCUT2D eigenvalue weighted by atomic mass is 79.9. The second-order valence-electron chi connectivity index (χ2n) is 4.25. The molecule has 0 unspecified atom stereocenters. The van der Waals surface area contributed by atoms with Crippen LogP contribution in [0.4, 0.5) is 0 Å². The molecule has 0 spiro atoms. The lowest BCUT2D eigenvalue weighted by molar-refractivity contribution is -0.235. The van der Waals surface area contributed by atoms with Crippen LogP contribution < -0.4 is 0 Å². The van der Waals surface area contributed by atoms with Crippen LogP contribution in [0.2, 0.25) is 0 Å². The van der Waals surface area contributed by atoms with Gasteiger partial charge in [-0.1, -0.05) is 15.9 Å². The molecule has 0 aliphatic carbocycles. The molecule has 0 aromatic rings. The number of rotatable bonds is 2. The Morgan fingerprint density at radius 1 is 1.36 bits per heavy atom. The van der Waals surface area contributed by atoms with Gasteiger partial charge in [0.15, 0.2) is 5.79 Å². The molecule has 2 aliphatic heterocycles. The number of halogens is 1. The fraction of sp³-hybridized carbons (Fsp3) is 1.00. The molecule has 0 radical (unpaired) electrons. The fourth-order valence-electron chi connectivity index (χ4n) is 2.64. The molecule has 2 heterocycles. The predicted molar refractivity (Wildman–Crippen MR) is 58.7 cm³/mol. The Kier molecular flexibility index (Phi) is 3.17. The summed E-state index contributed by atoms with van der Waals surface area (Å²) in [4.78, 5) is 3.19. The van der Waals surface area contributed by atoms with Crippen molar-refractivity contribution in [1.29, 1.82) is 0 Å². The van der Waals surface area contributed by atoms with Crippen LogP contribution >= 0.6 is 15.9 Å². The number of methoxy groups -OCH3 is 2. The highest BCUT2D eigenvalue weighted by Crippen LogP contribution is 2.37. The van der Waals surface area contributed by atoms with Crippen molar-refractivity contribution in [3.8, 4) is 0 Å². The highest BCUT2D eigenvalue weighted by molar-refractivity contribution is 9.09. The van der Waals surface area contributed by atoms with Crippen LogP contribution in [0.25, 0.3) is 0 Å². The van der Waals surface area contributed by atoms with Crippen LogP contribution in [0.5, 0.6) is 0 Å². The van der Waals surface area contributed by atoms with Crippen molar-refractivity contribution in [2.75, 3.05) is 27.3 Å². The number of nitrogens with zero attached hydrogens (tertiary/aromatic N) is 1. The quantitative estimate of drug-likeness (QED) is 0.558. The van der Waals surface area contributed by atoms with Crippen molar-refractivity contribution in [1.82, 2.24) is 4.90 Å². The summed E-state index contributed by atoms with van der Waals surface area (Å²) in [7, 11) is 3.50. The maximum atomic E-state index is 5.51. The second-order valence-corrected chi connectivity index (χ2v) is 5.55. The smallest absolute Gasteiger partial charge is 0.170 e. The van der Waals surface area contributed by atoms with Gasteiger partial charge in [0.1, 0.15) is 0 Å². The molecule has 0 amide bonds. The molecule has 3 nitrogen and oxygen atoms in total. The minimum atomic E-state index is -0.321. The number of fused-ring (bicyclic) bond motifs is 1. The summed E-state index contributed by atoms with van der Waals surface area (Å²) in [6.07, 6.45) is 3.20. The molecule has 0 saturated carbocycles. The predicted octanol–water partition coefficient (Wildman–Crippen LogP) is 1.61. The largest absolute Gasteiger partial charge is 0.353 e. The summed E-state index contributed by atoms with van der Waals surface area (Å²) >= 11 is 3.69. The molecule has 2 saturated heterocycles. The Labute approximate surface area is 93.9 Å². The van der Waals surface area contributed by atoms with Crippen molar-refractivity contribution >= 4 is 15.9 Å². The molecule has 82 valence electrons. The number of alkyl halides is 1. The third-order valence-electron chi connectivity index (χ3n) is 3.55. The molecule has 0 N–H and O–H groups in total. The molecular formula is C10H18BrNO2. The number of ether oxygens (including phenoxy) is 2. The molecule has 0 aromatic carbocycles. The van der Waals surface area contributed by atoms with Gasteiger partial charge in [-0.05, 0) is 6.42 Å². The first kappa shape index (κ1) is 10.9. The molecule has 2 rings (SSSR count). The molecular weight excluding hydrogens is 246 g/mol. The number of piperidine rings is 1. The monoisotopic (exact) mass is 263 g/mol. The minimum Gasteiger partial charge on any atom is -0.353 e. The number of hydrogen-bond donors (Lipinski definition) is 0. The van der Waals surface area contributed by atoms with E-state index in [-0.39, 0.29) is 5.79 Å². The van der Waals surface area contributed by atoms with Gasteiger partial charge in [-0.25, -0.2) is 0 Å². The van der Waals surface area contributed by atoms with Gasteiger partial charge in [-0.15, -0.1) is 0 Å². The SMILES string of the molecule is COC1(OC)CCN2C[C@@H](Br)C[C@@H]2C1. The molecule has 2 aliphatic rings. The van der Waals surface area contributed by atoms with E-state index in [0.29, 0.717) is 10.9 Å². The minimum absolute atomic E-state index is 0.321. The third-order valence-corrected chi connectivity index (χ3v) is 4.21. The standard InChI is InChI=1S/C10H18BrNO2/c1-13-10(14-2)3-4-12-7-8(11)5-9(12)6-10/h8-9H,3-7H2,1-2H3/t8-,9+/m0/s1. The van der Waals surface area contributed by atoms with Gasteiger partial charge in [-0.3, -0.25) is 4.90 Å². The maximum Gasteiger partial charge on any atom is 0.170 e. The molecule has 14 heavy (non-hydrogen) atoms. The van der Waals surface area contributed by atoms with Gasteiger partial charge in [-0.2, -0.15) is 0 Å². The van der Waals surface area contributed by atoms with E-state index in [4.69, 9.17) is 9.47 Å². The summed E-state index contributed by atoms with van der Waals surface area (Å²) in [5.74, 6) is -0.321. The van der Waals surface area contributed by atoms with E-state index in [9.17, 15) is 0 Å². The lowest BCUT2D eigenvalue weighted by Gasteiger charge is -2.41. The normalized spacial score (nSPS) is 37.1. The van der Waals surface area contributed by atoms with Crippen LogP contribution in [-0.2, 0) is 9.47 Å². The zero-order valence-corrected chi connectivity index (χ0v) is 10.4. The first-order valence-corrected chi connectivity index (χ1v) is 6.09. The average Bonchev–Trinajstić information content (AvgIpc) is 2.56.